The van der Waals surface area contributed by atoms with Crippen LogP contribution < -0.4 is 5.32 Å². The van der Waals surface area contributed by atoms with E-state index in [4.69, 9.17) is 0 Å². The van der Waals surface area contributed by atoms with E-state index in [1.165, 1.54) is 0 Å². The van der Waals surface area contributed by atoms with Gasteiger partial charge in [-0.25, -0.2) is 4.98 Å². The standard InChI is InChI=1S/C10H8N6O/c17-9(13-10-11-3-4-12-10)6-1-2-7-8(5-6)15-16-14-7/h1-5H,(H,14,15,16)(H2,11,12,13,17). The fourth-order valence-electron chi connectivity index (χ4n) is 1.49. The minimum absolute atomic E-state index is 0.246. The summed E-state index contributed by atoms with van der Waals surface area (Å²) in [7, 11) is 0. The van der Waals surface area contributed by atoms with E-state index in [9.17, 15) is 4.79 Å². The normalized spacial score (nSPS) is 10.6. The Morgan fingerprint density at radius 2 is 2.12 bits per heavy atom. The average Bonchev–Trinajstić information content (AvgIpc) is 2.97. The maximum atomic E-state index is 11.8. The zero-order valence-electron chi connectivity index (χ0n) is 8.64. The Hall–Kier alpha value is -2.70. The molecule has 0 bridgehead atoms. The Labute approximate surface area is 95.3 Å². The highest BCUT2D eigenvalue weighted by molar-refractivity contribution is 6.04. The number of nitrogens with zero attached hydrogens (tertiary/aromatic N) is 3. The van der Waals surface area contributed by atoms with Crippen molar-refractivity contribution in [3.05, 3.63) is 36.2 Å². The second-order valence-corrected chi connectivity index (χ2v) is 3.42. The number of fused-ring (bicyclic) bond motifs is 1. The molecule has 0 fully saturated rings. The quantitative estimate of drug-likeness (QED) is 0.607. The molecule has 3 N–H and O–H groups in total. The number of hydrogen-bond acceptors (Lipinski definition) is 4. The van der Waals surface area contributed by atoms with Gasteiger partial charge in [0.25, 0.3) is 5.91 Å². The van der Waals surface area contributed by atoms with Crippen molar-refractivity contribution >= 4 is 22.9 Å². The number of carbonyl (C=O) groups excluding carboxylic acids is 1. The Morgan fingerprint density at radius 3 is 2.94 bits per heavy atom. The van der Waals surface area contributed by atoms with Crippen LogP contribution in [0.25, 0.3) is 11.0 Å². The summed E-state index contributed by atoms with van der Waals surface area (Å²) < 4.78 is 0. The smallest absolute Gasteiger partial charge is 0.258 e. The van der Waals surface area contributed by atoms with Gasteiger partial charge in [0.05, 0.1) is 0 Å². The molecule has 0 unspecified atom stereocenters. The number of carbonyl (C=O) groups is 1. The van der Waals surface area contributed by atoms with Gasteiger partial charge in [0, 0.05) is 18.0 Å². The van der Waals surface area contributed by atoms with Gasteiger partial charge in [-0.3, -0.25) is 10.1 Å². The van der Waals surface area contributed by atoms with Gasteiger partial charge in [-0.1, -0.05) is 0 Å². The third-order valence-electron chi connectivity index (χ3n) is 2.31. The number of imidazole rings is 1. The number of nitrogens with one attached hydrogen (secondary N) is 3. The van der Waals surface area contributed by atoms with E-state index in [1.807, 2.05) is 0 Å². The molecule has 2 aromatic heterocycles. The van der Waals surface area contributed by atoms with Gasteiger partial charge in [-0.05, 0) is 18.2 Å². The molecule has 1 aromatic carbocycles. The van der Waals surface area contributed by atoms with Gasteiger partial charge in [-0.15, -0.1) is 0 Å². The van der Waals surface area contributed by atoms with E-state index in [0.717, 1.165) is 5.52 Å². The molecule has 17 heavy (non-hydrogen) atoms. The lowest BCUT2D eigenvalue weighted by atomic mass is 10.2. The van der Waals surface area contributed by atoms with Crippen LogP contribution in [0, 0.1) is 0 Å². The first kappa shape index (κ1) is 9.52. The monoisotopic (exact) mass is 228 g/mol. The van der Waals surface area contributed by atoms with Crippen molar-refractivity contribution in [1.82, 2.24) is 25.4 Å². The Bertz CT molecular complexity index is 656. The molecule has 1 amide bonds. The van der Waals surface area contributed by atoms with Crippen LogP contribution in [-0.2, 0) is 0 Å². The highest BCUT2D eigenvalue weighted by atomic mass is 16.1. The molecule has 7 heteroatoms. The molecule has 2 heterocycles. The van der Waals surface area contributed by atoms with Crippen LogP contribution in [0.3, 0.4) is 0 Å². The van der Waals surface area contributed by atoms with Crippen LogP contribution in [0.15, 0.2) is 30.6 Å². The highest BCUT2D eigenvalue weighted by Crippen LogP contribution is 2.11. The van der Waals surface area contributed by atoms with E-state index in [-0.39, 0.29) is 5.91 Å². The zero-order chi connectivity index (χ0) is 11.7. The molecule has 3 aromatic rings. The molecular formula is C10H8N6O. The summed E-state index contributed by atoms with van der Waals surface area (Å²) in [6.07, 6.45) is 3.20. The molecule has 3 rings (SSSR count). The number of aromatic nitrogens is 5. The predicted octanol–water partition coefficient (Wildman–Crippen LogP) is 0.933. The summed E-state index contributed by atoms with van der Waals surface area (Å²) in [6, 6.07) is 5.08. The number of hydrogen-bond donors (Lipinski definition) is 3. The zero-order valence-corrected chi connectivity index (χ0v) is 8.64. The summed E-state index contributed by atoms with van der Waals surface area (Å²) in [4.78, 5) is 18.6. The van der Waals surface area contributed by atoms with Gasteiger partial charge >= 0.3 is 0 Å². The van der Waals surface area contributed by atoms with Crippen LogP contribution >= 0.6 is 0 Å². The van der Waals surface area contributed by atoms with Gasteiger partial charge in [0.2, 0.25) is 5.95 Å². The number of benzene rings is 1. The average molecular weight is 228 g/mol. The predicted molar refractivity (Wildman–Crippen MR) is 60.4 cm³/mol. The lowest BCUT2D eigenvalue weighted by molar-refractivity contribution is 0.102. The Balaban J connectivity index is 1.90. The highest BCUT2D eigenvalue weighted by Gasteiger charge is 2.09. The maximum absolute atomic E-state index is 11.8. The topological polar surface area (TPSA) is 99.4 Å². The van der Waals surface area contributed by atoms with E-state index >= 15 is 0 Å². The summed E-state index contributed by atoms with van der Waals surface area (Å²) in [5.41, 5.74) is 1.87. The fraction of sp³-hybridized carbons (Fsp3) is 0. The van der Waals surface area contributed by atoms with Gasteiger partial charge in [-0.2, -0.15) is 15.4 Å². The second-order valence-electron chi connectivity index (χ2n) is 3.42. The van der Waals surface area contributed by atoms with Crippen LogP contribution in [-0.4, -0.2) is 31.3 Å². The lowest BCUT2D eigenvalue weighted by Crippen LogP contribution is -2.12. The first-order valence-corrected chi connectivity index (χ1v) is 4.94. The summed E-state index contributed by atoms with van der Waals surface area (Å²) in [5.74, 6) is 0.167. The largest absolute Gasteiger partial charge is 0.331 e. The maximum Gasteiger partial charge on any atom is 0.258 e. The first-order valence-electron chi connectivity index (χ1n) is 4.94. The van der Waals surface area contributed by atoms with Crippen LogP contribution in [0.2, 0.25) is 0 Å². The molecule has 84 valence electrons. The number of amides is 1. The molecule has 0 saturated heterocycles. The van der Waals surface area contributed by atoms with Crippen LogP contribution in [0.5, 0.6) is 0 Å². The van der Waals surface area contributed by atoms with Gasteiger partial charge in [0.15, 0.2) is 0 Å². The van der Waals surface area contributed by atoms with Crippen molar-refractivity contribution in [3.8, 4) is 0 Å². The molecule has 0 atom stereocenters. The third kappa shape index (κ3) is 1.73. The molecular weight excluding hydrogens is 220 g/mol. The van der Waals surface area contributed by atoms with Gasteiger partial charge in [0.1, 0.15) is 11.0 Å². The first-order chi connectivity index (χ1) is 8.33. The molecule has 0 saturated carbocycles. The number of aromatic amines is 2. The molecule has 0 radical (unpaired) electrons. The minimum Gasteiger partial charge on any atom is -0.331 e. The molecule has 0 spiro atoms. The van der Waals surface area contributed by atoms with E-state index in [1.54, 1.807) is 30.6 Å². The van der Waals surface area contributed by atoms with Gasteiger partial charge < -0.3 is 4.98 Å². The molecule has 0 aliphatic rings. The van der Waals surface area contributed by atoms with Crippen molar-refractivity contribution in [2.75, 3.05) is 5.32 Å². The van der Waals surface area contributed by atoms with Crippen molar-refractivity contribution in [2.45, 2.75) is 0 Å². The lowest BCUT2D eigenvalue weighted by Gasteiger charge is -2.01. The van der Waals surface area contributed by atoms with E-state index in [0.29, 0.717) is 17.0 Å². The fourth-order valence-corrected chi connectivity index (χ4v) is 1.49. The van der Waals surface area contributed by atoms with Crippen molar-refractivity contribution in [1.29, 1.82) is 0 Å². The van der Waals surface area contributed by atoms with Crippen molar-refractivity contribution in [2.24, 2.45) is 0 Å². The molecule has 0 aliphatic carbocycles. The summed E-state index contributed by atoms with van der Waals surface area (Å²) in [5, 5.41) is 13.0. The Morgan fingerprint density at radius 1 is 1.24 bits per heavy atom. The summed E-state index contributed by atoms with van der Waals surface area (Å²) >= 11 is 0. The second kappa shape index (κ2) is 3.71. The van der Waals surface area contributed by atoms with Crippen LogP contribution in [0.4, 0.5) is 5.95 Å². The summed E-state index contributed by atoms with van der Waals surface area (Å²) in [6.45, 7) is 0. The number of anilines is 1. The minimum atomic E-state index is -0.246. The molecule has 7 nitrogen and oxygen atoms in total. The van der Waals surface area contributed by atoms with Crippen LogP contribution in [0.1, 0.15) is 10.4 Å². The van der Waals surface area contributed by atoms with Crippen molar-refractivity contribution in [3.63, 3.8) is 0 Å². The van der Waals surface area contributed by atoms with Crippen molar-refractivity contribution < 1.29 is 4.79 Å². The molecule has 0 aliphatic heterocycles. The Kier molecular flexibility index (Phi) is 2.08. The number of rotatable bonds is 2. The SMILES string of the molecule is O=C(Nc1ncc[nH]1)c1ccc2n[nH]nc2c1. The van der Waals surface area contributed by atoms with E-state index < -0.39 is 0 Å². The number of H-pyrrole nitrogens is 2. The van der Waals surface area contributed by atoms with E-state index in [2.05, 4.69) is 30.7 Å². The third-order valence-corrected chi connectivity index (χ3v) is 2.31.